The Morgan fingerprint density at radius 2 is 1.95 bits per heavy atom. The number of aliphatic hydroxyl groups is 1. The third kappa shape index (κ3) is 2.33. The highest BCUT2D eigenvalue weighted by atomic mass is 79.9. The van der Waals surface area contributed by atoms with E-state index in [-0.39, 0.29) is 5.91 Å². The van der Waals surface area contributed by atoms with Gasteiger partial charge in [-0.15, -0.1) is 0 Å². The van der Waals surface area contributed by atoms with Gasteiger partial charge in [-0.05, 0) is 46.3 Å². The fourth-order valence-corrected chi connectivity index (χ4v) is 3.97. The van der Waals surface area contributed by atoms with Crippen molar-refractivity contribution in [1.82, 2.24) is 0 Å². The number of carbonyl (C=O) groups is 1. The quantitative estimate of drug-likeness (QED) is 0.827. The first-order chi connectivity index (χ1) is 9.45. The molecule has 0 saturated carbocycles. The second kappa shape index (κ2) is 5.04. The fraction of sp³-hybridized carbons (Fsp3) is 0.533. The maximum Gasteiger partial charge on any atom is 0.257 e. The molecule has 3 unspecified atom stereocenters. The molecule has 3 rings (SSSR count). The van der Waals surface area contributed by atoms with Crippen molar-refractivity contribution in [2.45, 2.75) is 26.4 Å². The molecular weight excluding hydrogens is 320 g/mol. The van der Waals surface area contributed by atoms with E-state index < -0.39 is 6.10 Å². The van der Waals surface area contributed by atoms with Gasteiger partial charge in [-0.1, -0.05) is 13.8 Å². The highest BCUT2D eigenvalue weighted by Crippen LogP contribution is 2.40. The number of piperidine rings is 1. The first kappa shape index (κ1) is 13.9. The molecule has 1 aromatic rings. The van der Waals surface area contributed by atoms with Gasteiger partial charge in [0.25, 0.3) is 5.91 Å². The van der Waals surface area contributed by atoms with Crippen LogP contribution in [0.5, 0.6) is 0 Å². The lowest BCUT2D eigenvalue weighted by Crippen LogP contribution is -2.38. The zero-order chi connectivity index (χ0) is 14.4. The lowest BCUT2D eigenvalue weighted by molar-refractivity contribution is -0.123. The Hall–Kier alpha value is -1.07. The number of benzene rings is 1. The average Bonchev–Trinajstić information content (AvgIpc) is 2.63. The van der Waals surface area contributed by atoms with Crippen molar-refractivity contribution in [2.75, 3.05) is 23.3 Å². The predicted molar refractivity (Wildman–Crippen MR) is 82.9 cm³/mol. The summed E-state index contributed by atoms with van der Waals surface area (Å²) < 4.78 is 0.938. The molecule has 1 amide bonds. The van der Waals surface area contributed by atoms with E-state index in [1.165, 1.54) is 6.42 Å². The van der Waals surface area contributed by atoms with E-state index in [4.69, 9.17) is 0 Å². The Morgan fingerprint density at radius 3 is 2.60 bits per heavy atom. The largest absolute Gasteiger partial charge is 0.378 e. The van der Waals surface area contributed by atoms with E-state index in [1.807, 2.05) is 12.1 Å². The van der Waals surface area contributed by atoms with Crippen LogP contribution in [0.3, 0.4) is 0 Å². The third-order valence-corrected chi connectivity index (χ3v) is 4.76. The molecule has 0 radical (unpaired) electrons. The molecule has 2 aliphatic rings. The van der Waals surface area contributed by atoms with Gasteiger partial charge in [-0.3, -0.25) is 4.79 Å². The highest BCUT2D eigenvalue weighted by Gasteiger charge is 2.31. The molecule has 1 saturated heterocycles. The number of anilines is 2. The molecule has 1 aromatic carbocycles. The molecule has 5 heteroatoms. The second-order valence-corrected chi connectivity index (χ2v) is 6.99. The van der Waals surface area contributed by atoms with E-state index in [1.54, 1.807) is 0 Å². The van der Waals surface area contributed by atoms with Crippen LogP contribution in [0.15, 0.2) is 16.6 Å². The summed E-state index contributed by atoms with van der Waals surface area (Å²) in [5.74, 6) is 0.989. The van der Waals surface area contributed by atoms with Gasteiger partial charge in [0.15, 0.2) is 6.10 Å². The molecule has 3 atom stereocenters. The van der Waals surface area contributed by atoms with E-state index in [0.717, 1.165) is 28.9 Å². The van der Waals surface area contributed by atoms with Crippen molar-refractivity contribution in [1.29, 1.82) is 0 Å². The van der Waals surface area contributed by atoms with Crippen molar-refractivity contribution < 1.29 is 9.90 Å². The Morgan fingerprint density at radius 1 is 1.30 bits per heavy atom. The average molecular weight is 339 g/mol. The van der Waals surface area contributed by atoms with Gasteiger partial charge in [-0.2, -0.15) is 0 Å². The van der Waals surface area contributed by atoms with E-state index in [0.29, 0.717) is 17.4 Å². The van der Waals surface area contributed by atoms with E-state index in [9.17, 15) is 9.90 Å². The molecule has 4 nitrogen and oxygen atoms in total. The van der Waals surface area contributed by atoms with Crippen LogP contribution in [0, 0.1) is 11.8 Å². The van der Waals surface area contributed by atoms with Crippen LogP contribution in [-0.4, -0.2) is 24.1 Å². The summed E-state index contributed by atoms with van der Waals surface area (Å²) in [6.45, 7) is 6.60. The van der Waals surface area contributed by atoms with Crippen LogP contribution in [0.4, 0.5) is 11.4 Å². The second-order valence-electron chi connectivity index (χ2n) is 6.13. The maximum atomic E-state index is 11.5. The first-order valence-electron chi connectivity index (χ1n) is 7.03. The van der Waals surface area contributed by atoms with Crippen LogP contribution in [0.2, 0.25) is 0 Å². The minimum absolute atomic E-state index is 0.343. The summed E-state index contributed by atoms with van der Waals surface area (Å²) in [5, 5.41) is 12.6. The predicted octanol–water partition coefficient (Wildman–Crippen LogP) is 2.92. The monoisotopic (exact) mass is 338 g/mol. The molecule has 0 aromatic heterocycles. The van der Waals surface area contributed by atoms with Crippen LogP contribution in [0.25, 0.3) is 0 Å². The van der Waals surface area contributed by atoms with Gasteiger partial charge < -0.3 is 15.3 Å². The van der Waals surface area contributed by atoms with Gasteiger partial charge in [0, 0.05) is 28.8 Å². The topological polar surface area (TPSA) is 52.6 Å². The zero-order valence-electron chi connectivity index (χ0n) is 11.7. The number of rotatable bonds is 1. The first-order valence-corrected chi connectivity index (χ1v) is 7.82. The number of nitrogens with one attached hydrogen (secondary N) is 1. The standard InChI is InChI=1S/C15H19BrN2O2/c1-8-3-9(2)7-18(6-8)13-5-12-10(4-11(13)16)14(19)15(20)17-12/h4-5,8-9,14,19H,3,6-7H2,1-2H3,(H,17,20). The van der Waals surface area contributed by atoms with Crippen molar-refractivity contribution >= 4 is 33.2 Å². The minimum Gasteiger partial charge on any atom is -0.378 e. The molecular formula is C15H19BrN2O2. The molecule has 108 valence electrons. The van der Waals surface area contributed by atoms with Crippen molar-refractivity contribution in [2.24, 2.45) is 11.8 Å². The number of amides is 1. The molecule has 2 N–H and O–H groups in total. The van der Waals surface area contributed by atoms with Gasteiger partial charge in [0.05, 0.1) is 5.69 Å². The summed E-state index contributed by atoms with van der Waals surface area (Å²) in [6.07, 6.45) is 0.212. The van der Waals surface area contributed by atoms with Gasteiger partial charge >= 0.3 is 0 Å². The van der Waals surface area contributed by atoms with Crippen molar-refractivity contribution in [3.8, 4) is 0 Å². The maximum absolute atomic E-state index is 11.5. The number of halogens is 1. The number of aliphatic hydroxyl groups excluding tert-OH is 1. The number of fused-ring (bicyclic) bond motifs is 1. The third-order valence-electron chi connectivity index (χ3n) is 4.13. The fourth-order valence-electron chi connectivity index (χ4n) is 3.36. The Bertz CT molecular complexity index is 551. The number of nitrogens with zero attached hydrogens (tertiary/aromatic N) is 1. The van der Waals surface area contributed by atoms with Crippen molar-refractivity contribution in [3.63, 3.8) is 0 Å². The lowest BCUT2D eigenvalue weighted by Gasteiger charge is -2.37. The summed E-state index contributed by atoms with van der Waals surface area (Å²) in [4.78, 5) is 13.9. The van der Waals surface area contributed by atoms with Crippen molar-refractivity contribution in [3.05, 3.63) is 22.2 Å². The molecule has 2 aliphatic heterocycles. The van der Waals surface area contributed by atoms with Crippen LogP contribution in [-0.2, 0) is 4.79 Å². The number of carbonyl (C=O) groups excluding carboxylic acids is 1. The molecule has 0 aliphatic carbocycles. The lowest BCUT2D eigenvalue weighted by atomic mass is 9.91. The molecule has 0 spiro atoms. The smallest absolute Gasteiger partial charge is 0.257 e. The van der Waals surface area contributed by atoms with Gasteiger partial charge in [-0.25, -0.2) is 0 Å². The summed E-state index contributed by atoms with van der Waals surface area (Å²) in [6, 6.07) is 3.83. The molecule has 0 bridgehead atoms. The normalized spacial score (nSPS) is 29.3. The van der Waals surface area contributed by atoms with Crippen LogP contribution >= 0.6 is 15.9 Å². The SMILES string of the molecule is CC1CC(C)CN(c2cc3c(cc2Br)C(O)C(=O)N3)C1. The van der Waals surface area contributed by atoms with Gasteiger partial charge in [0.1, 0.15) is 0 Å². The Kier molecular flexibility index (Phi) is 3.50. The highest BCUT2D eigenvalue weighted by molar-refractivity contribution is 9.10. The number of hydrogen-bond donors (Lipinski definition) is 2. The molecule has 20 heavy (non-hydrogen) atoms. The Labute approximate surface area is 127 Å². The van der Waals surface area contributed by atoms with Gasteiger partial charge in [0.2, 0.25) is 0 Å². The number of hydrogen-bond acceptors (Lipinski definition) is 3. The molecule has 1 fully saturated rings. The van der Waals surface area contributed by atoms with Crippen LogP contribution < -0.4 is 10.2 Å². The van der Waals surface area contributed by atoms with E-state index in [2.05, 4.69) is 40.0 Å². The minimum atomic E-state index is -1.05. The van der Waals surface area contributed by atoms with E-state index >= 15 is 0 Å². The zero-order valence-corrected chi connectivity index (χ0v) is 13.3. The summed E-state index contributed by atoms with van der Waals surface area (Å²) in [7, 11) is 0. The summed E-state index contributed by atoms with van der Waals surface area (Å²) in [5.41, 5.74) is 2.48. The van der Waals surface area contributed by atoms with Crippen LogP contribution in [0.1, 0.15) is 31.9 Å². The Balaban J connectivity index is 1.95. The summed E-state index contributed by atoms with van der Waals surface area (Å²) >= 11 is 3.58. The molecule has 2 heterocycles.